The van der Waals surface area contributed by atoms with Gasteiger partial charge in [0.2, 0.25) is 0 Å². The zero-order valence-electron chi connectivity index (χ0n) is 7.96. The fourth-order valence-corrected chi connectivity index (χ4v) is 2.83. The van der Waals surface area contributed by atoms with E-state index in [-0.39, 0.29) is 10.3 Å². The average Bonchev–Trinajstić information content (AvgIpc) is 1.80. The molecule has 0 aromatic heterocycles. The molecule has 0 fully saturated rings. The van der Waals surface area contributed by atoms with Crippen molar-refractivity contribution in [2.45, 2.75) is 27.2 Å². The zero-order valence-corrected chi connectivity index (χ0v) is 9.54. The number of allylic oxidation sites excluding steroid dienone is 3. The van der Waals surface area contributed by atoms with Crippen LogP contribution >= 0.6 is 10.7 Å². The molecule has 74 valence electrons. The molecule has 1 aliphatic rings. The van der Waals surface area contributed by atoms with Gasteiger partial charge in [0, 0.05) is 10.7 Å². The maximum atomic E-state index is 11.1. The lowest BCUT2D eigenvalue weighted by molar-refractivity contribution is 0.469. The summed E-state index contributed by atoms with van der Waals surface area (Å²) in [7, 11) is 1.70. The first-order valence-electron chi connectivity index (χ1n) is 4.06. The Morgan fingerprint density at radius 1 is 1.46 bits per heavy atom. The lowest BCUT2D eigenvalue weighted by Crippen LogP contribution is -2.14. The van der Waals surface area contributed by atoms with E-state index in [4.69, 9.17) is 10.7 Å². The minimum absolute atomic E-state index is 0.0369. The molecule has 0 aromatic rings. The van der Waals surface area contributed by atoms with Crippen molar-refractivity contribution in [2.75, 3.05) is 0 Å². The van der Waals surface area contributed by atoms with Crippen molar-refractivity contribution >= 4 is 19.7 Å². The van der Waals surface area contributed by atoms with Crippen LogP contribution in [-0.4, -0.2) is 8.42 Å². The predicted octanol–water partition coefficient (Wildman–Crippen LogP) is 2.82. The summed E-state index contributed by atoms with van der Waals surface area (Å²) in [5.41, 5.74) is 0.873. The number of hydrogen-bond donors (Lipinski definition) is 0. The topological polar surface area (TPSA) is 34.1 Å². The van der Waals surface area contributed by atoms with E-state index < -0.39 is 9.05 Å². The standard InChI is InChI=1S/C9H13ClO2S/c1-7-6-9(2,3)5-4-8(7)13(10,11)12/h4-5H,6H2,1-3H3. The Morgan fingerprint density at radius 2 is 2.00 bits per heavy atom. The highest BCUT2D eigenvalue weighted by Gasteiger charge is 2.25. The molecule has 0 bridgehead atoms. The van der Waals surface area contributed by atoms with Gasteiger partial charge in [-0.05, 0) is 24.8 Å². The molecule has 0 radical (unpaired) electrons. The van der Waals surface area contributed by atoms with Gasteiger partial charge in [0.1, 0.15) is 0 Å². The van der Waals surface area contributed by atoms with Crippen LogP contribution in [0.5, 0.6) is 0 Å². The van der Waals surface area contributed by atoms with E-state index in [1.165, 1.54) is 0 Å². The molecule has 0 heterocycles. The van der Waals surface area contributed by atoms with E-state index in [2.05, 4.69) is 13.8 Å². The Balaban J connectivity index is 3.13. The third-order valence-corrected chi connectivity index (χ3v) is 3.60. The van der Waals surface area contributed by atoms with Gasteiger partial charge in [-0.15, -0.1) is 0 Å². The molecular formula is C9H13ClO2S. The predicted molar refractivity (Wildman–Crippen MR) is 55.0 cm³/mol. The first kappa shape index (κ1) is 10.8. The summed E-state index contributed by atoms with van der Waals surface area (Å²) in [5.74, 6) is 0. The third-order valence-electron chi connectivity index (χ3n) is 2.09. The van der Waals surface area contributed by atoms with Gasteiger partial charge in [-0.3, -0.25) is 0 Å². The molecule has 4 heteroatoms. The first-order chi connectivity index (χ1) is 5.72. The molecule has 0 atom stereocenters. The van der Waals surface area contributed by atoms with Gasteiger partial charge in [0.15, 0.2) is 0 Å². The second kappa shape index (κ2) is 3.14. The van der Waals surface area contributed by atoms with Gasteiger partial charge in [-0.2, -0.15) is 0 Å². The molecule has 1 rings (SSSR count). The van der Waals surface area contributed by atoms with E-state index in [0.717, 1.165) is 12.0 Å². The van der Waals surface area contributed by atoms with E-state index in [1.54, 1.807) is 13.0 Å². The van der Waals surface area contributed by atoms with Gasteiger partial charge < -0.3 is 0 Å². The Hall–Kier alpha value is -0.280. The van der Waals surface area contributed by atoms with Gasteiger partial charge in [-0.1, -0.05) is 25.5 Å². The van der Waals surface area contributed by atoms with Gasteiger partial charge >= 0.3 is 0 Å². The SMILES string of the molecule is CC1=C(S(=O)(=O)Cl)C=CC(C)(C)C1. The van der Waals surface area contributed by atoms with Crippen LogP contribution in [0.4, 0.5) is 0 Å². The molecule has 0 aromatic carbocycles. The summed E-state index contributed by atoms with van der Waals surface area (Å²) in [6.45, 7) is 5.93. The van der Waals surface area contributed by atoms with Crippen LogP contribution in [0, 0.1) is 5.41 Å². The van der Waals surface area contributed by atoms with Gasteiger partial charge in [-0.25, -0.2) is 8.42 Å². The number of halogens is 1. The van der Waals surface area contributed by atoms with Crippen LogP contribution in [0.2, 0.25) is 0 Å². The van der Waals surface area contributed by atoms with Crippen LogP contribution in [-0.2, 0) is 9.05 Å². The first-order valence-corrected chi connectivity index (χ1v) is 6.37. The molecule has 0 saturated heterocycles. The van der Waals surface area contributed by atoms with Gasteiger partial charge in [0.05, 0.1) is 4.91 Å². The van der Waals surface area contributed by atoms with Crippen LogP contribution in [0.1, 0.15) is 27.2 Å². The largest absolute Gasteiger partial charge is 0.261 e. The Bertz CT molecular complexity index is 374. The van der Waals surface area contributed by atoms with Gasteiger partial charge in [0.25, 0.3) is 9.05 Å². The van der Waals surface area contributed by atoms with Crippen molar-refractivity contribution in [3.8, 4) is 0 Å². The monoisotopic (exact) mass is 220 g/mol. The van der Waals surface area contributed by atoms with Crippen molar-refractivity contribution in [1.29, 1.82) is 0 Å². The highest BCUT2D eigenvalue weighted by molar-refractivity contribution is 8.17. The lowest BCUT2D eigenvalue weighted by atomic mass is 9.82. The van der Waals surface area contributed by atoms with E-state index >= 15 is 0 Å². The fraction of sp³-hybridized carbons (Fsp3) is 0.556. The Kier molecular flexibility index (Phi) is 2.61. The van der Waals surface area contributed by atoms with Crippen molar-refractivity contribution < 1.29 is 8.42 Å². The minimum atomic E-state index is -3.56. The van der Waals surface area contributed by atoms with Crippen LogP contribution in [0.3, 0.4) is 0 Å². The van der Waals surface area contributed by atoms with E-state index in [0.29, 0.717) is 0 Å². The van der Waals surface area contributed by atoms with Crippen molar-refractivity contribution in [2.24, 2.45) is 5.41 Å². The molecule has 1 aliphatic carbocycles. The molecule has 0 spiro atoms. The molecule has 13 heavy (non-hydrogen) atoms. The molecular weight excluding hydrogens is 208 g/mol. The molecule has 0 aliphatic heterocycles. The summed E-state index contributed by atoms with van der Waals surface area (Å²) in [6, 6.07) is 0. The summed E-state index contributed by atoms with van der Waals surface area (Å²) in [6.07, 6.45) is 4.22. The average molecular weight is 221 g/mol. The molecule has 2 nitrogen and oxygen atoms in total. The second-order valence-electron chi connectivity index (χ2n) is 4.08. The maximum Gasteiger partial charge on any atom is 0.261 e. The van der Waals surface area contributed by atoms with E-state index in [1.807, 2.05) is 6.08 Å². The summed E-state index contributed by atoms with van der Waals surface area (Å²) < 4.78 is 22.1. The fourth-order valence-electron chi connectivity index (χ4n) is 1.56. The van der Waals surface area contributed by atoms with Crippen molar-refractivity contribution in [3.63, 3.8) is 0 Å². The van der Waals surface area contributed by atoms with Crippen LogP contribution in [0.15, 0.2) is 22.6 Å². The number of hydrogen-bond acceptors (Lipinski definition) is 2. The summed E-state index contributed by atoms with van der Waals surface area (Å²) >= 11 is 0. The summed E-state index contributed by atoms with van der Waals surface area (Å²) in [4.78, 5) is 0.258. The normalized spacial score (nSPS) is 22.2. The van der Waals surface area contributed by atoms with Crippen molar-refractivity contribution in [1.82, 2.24) is 0 Å². The number of rotatable bonds is 1. The maximum absolute atomic E-state index is 11.1. The minimum Gasteiger partial charge on any atom is -0.207 e. The second-order valence-corrected chi connectivity index (χ2v) is 6.62. The van der Waals surface area contributed by atoms with E-state index in [9.17, 15) is 8.42 Å². The molecule has 0 saturated carbocycles. The zero-order chi connectivity index (χ0) is 10.3. The smallest absolute Gasteiger partial charge is 0.207 e. The Labute approximate surface area is 83.7 Å². The molecule has 0 amide bonds. The van der Waals surface area contributed by atoms with Crippen molar-refractivity contribution in [3.05, 3.63) is 22.6 Å². The third kappa shape index (κ3) is 2.58. The quantitative estimate of drug-likeness (QED) is 0.637. The summed E-state index contributed by atoms with van der Waals surface area (Å²) in [5, 5.41) is 0. The molecule has 0 unspecified atom stereocenters. The van der Waals surface area contributed by atoms with Crippen LogP contribution in [0.25, 0.3) is 0 Å². The lowest BCUT2D eigenvalue weighted by Gasteiger charge is -2.25. The Morgan fingerprint density at radius 3 is 2.38 bits per heavy atom. The van der Waals surface area contributed by atoms with Crippen LogP contribution < -0.4 is 0 Å². The molecule has 0 N–H and O–H groups in total. The highest BCUT2D eigenvalue weighted by Crippen LogP contribution is 2.35. The highest BCUT2D eigenvalue weighted by atomic mass is 35.7.